The Morgan fingerprint density at radius 1 is 1.38 bits per heavy atom. The fraction of sp³-hybridized carbons (Fsp3) is 0.200. The number of nitrogens with one attached hydrogen (secondary N) is 1. The summed E-state index contributed by atoms with van der Waals surface area (Å²) in [5.41, 5.74) is 0.224. The molecule has 84 valence electrons. The van der Waals surface area contributed by atoms with Crippen LogP contribution in [0.25, 0.3) is 0 Å². The van der Waals surface area contributed by atoms with E-state index in [0.29, 0.717) is 0 Å². The number of carbonyl (C=O) groups excluding carboxylic acids is 2. The molecule has 1 fully saturated rings. The van der Waals surface area contributed by atoms with Crippen LogP contribution in [0.2, 0.25) is 5.02 Å². The van der Waals surface area contributed by atoms with Gasteiger partial charge in [-0.1, -0.05) is 11.6 Å². The van der Waals surface area contributed by atoms with Gasteiger partial charge in [-0.15, -0.1) is 0 Å². The normalized spacial score (nSPS) is 16.2. The standard InChI is InChI=1S/C10H8ClFN2O2/c11-7-2-1-6(12)3-8(7)14-5-9(15)13-4-10(14)16/h1-3H,4-5H2,(H,13,15). The molecule has 0 radical (unpaired) electrons. The van der Waals surface area contributed by atoms with Gasteiger partial charge in [0.15, 0.2) is 0 Å². The van der Waals surface area contributed by atoms with E-state index >= 15 is 0 Å². The van der Waals surface area contributed by atoms with Gasteiger partial charge in [0, 0.05) is 0 Å². The van der Waals surface area contributed by atoms with Crippen LogP contribution in [0.4, 0.5) is 10.1 Å². The molecule has 1 aliphatic rings. The summed E-state index contributed by atoms with van der Waals surface area (Å²) in [5.74, 6) is -1.11. The van der Waals surface area contributed by atoms with Crippen molar-refractivity contribution in [3.05, 3.63) is 29.0 Å². The number of halogens is 2. The SMILES string of the molecule is O=C1CN(c2cc(F)ccc2Cl)C(=O)CN1. The molecule has 0 atom stereocenters. The minimum Gasteiger partial charge on any atom is -0.345 e. The molecule has 1 heterocycles. The fourth-order valence-corrected chi connectivity index (χ4v) is 1.69. The summed E-state index contributed by atoms with van der Waals surface area (Å²) in [7, 11) is 0. The second-order valence-corrected chi connectivity index (χ2v) is 3.76. The van der Waals surface area contributed by atoms with Crippen molar-refractivity contribution in [1.82, 2.24) is 5.32 Å². The van der Waals surface area contributed by atoms with Crippen molar-refractivity contribution < 1.29 is 14.0 Å². The molecule has 0 unspecified atom stereocenters. The number of benzene rings is 1. The molecular weight excluding hydrogens is 235 g/mol. The van der Waals surface area contributed by atoms with Gasteiger partial charge >= 0.3 is 0 Å². The van der Waals surface area contributed by atoms with E-state index in [1.807, 2.05) is 0 Å². The van der Waals surface area contributed by atoms with Crippen LogP contribution in [0.1, 0.15) is 0 Å². The second kappa shape index (κ2) is 4.09. The molecule has 1 aliphatic heterocycles. The van der Waals surface area contributed by atoms with E-state index in [1.165, 1.54) is 17.0 Å². The third-order valence-electron chi connectivity index (χ3n) is 2.24. The van der Waals surface area contributed by atoms with Crippen LogP contribution in [0.15, 0.2) is 18.2 Å². The maximum absolute atomic E-state index is 13.0. The van der Waals surface area contributed by atoms with Crippen molar-refractivity contribution in [2.45, 2.75) is 0 Å². The Morgan fingerprint density at radius 2 is 2.12 bits per heavy atom. The van der Waals surface area contributed by atoms with E-state index in [2.05, 4.69) is 5.32 Å². The summed E-state index contributed by atoms with van der Waals surface area (Å²) < 4.78 is 13.0. The Bertz CT molecular complexity index is 464. The van der Waals surface area contributed by atoms with E-state index in [9.17, 15) is 14.0 Å². The van der Waals surface area contributed by atoms with Gasteiger partial charge in [0.25, 0.3) is 0 Å². The van der Waals surface area contributed by atoms with Crippen molar-refractivity contribution in [1.29, 1.82) is 0 Å². The summed E-state index contributed by atoms with van der Waals surface area (Å²) in [6.45, 7) is -0.228. The minimum absolute atomic E-state index is 0.0916. The van der Waals surface area contributed by atoms with Gasteiger partial charge < -0.3 is 5.32 Å². The number of piperazine rings is 1. The Balaban J connectivity index is 2.38. The van der Waals surface area contributed by atoms with Crippen molar-refractivity contribution >= 4 is 29.1 Å². The monoisotopic (exact) mass is 242 g/mol. The number of hydrogen-bond donors (Lipinski definition) is 1. The zero-order valence-electron chi connectivity index (χ0n) is 8.17. The smallest absolute Gasteiger partial charge is 0.246 e. The summed E-state index contributed by atoms with van der Waals surface area (Å²) in [4.78, 5) is 23.9. The summed E-state index contributed by atoms with van der Waals surface area (Å²) in [6, 6.07) is 3.69. The quantitative estimate of drug-likeness (QED) is 0.797. The molecule has 2 amide bonds. The molecule has 1 aromatic carbocycles. The highest BCUT2D eigenvalue weighted by atomic mass is 35.5. The van der Waals surface area contributed by atoms with Gasteiger partial charge in [-0.25, -0.2) is 4.39 Å². The van der Waals surface area contributed by atoms with Gasteiger partial charge in [-0.3, -0.25) is 14.5 Å². The van der Waals surface area contributed by atoms with Crippen molar-refractivity contribution in [3.8, 4) is 0 Å². The largest absolute Gasteiger partial charge is 0.345 e. The molecule has 1 N–H and O–H groups in total. The highest BCUT2D eigenvalue weighted by Gasteiger charge is 2.26. The maximum Gasteiger partial charge on any atom is 0.246 e. The molecule has 4 nitrogen and oxygen atoms in total. The Morgan fingerprint density at radius 3 is 2.88 bits per heavy atom. The Hall–Kier alpha value is -1.62. The van der Waals surface area contributed by atoms with E-state index in [-0.39, 0.29) is 35.6 Å². The Kier molecular flexibility index (Phi) is 2.78. The van der Waals surface area contributed by atoms with Gasteiger partial charge in [0.05, 0.1) is 17.3 Å². The third-order valence-corrected chi connectivity index (χ3v) is 2.56. The molecule has 0 aromatic heterocycles. The van der Waals surface area contributed by atoms with Gasteiger partial charge in [-0.2, -0.15) is 0 Å². The second-order valence-electron chi connectivity index (χ2n) is 3.35. The van der Waals surface area contributed by atoms with Crippen LogP contribution < -0.4 is 10.2 Å². The molecule has 1 aromatic rings. The molecule has 2 rings (SSSR count). The van der Waals surface area contributed by atoms with Crippen LogP contribution in [-0.4, -0.2) is 24.9 Å². The molecule has 16 heavy (non-hydrogen) atoms. The van der Waals surface area contributed by atoms with Crippen LogP contribution >= 0.6 is 11.6 Å². The molecule has 0 spiro atoms. The van der Waals surface area contributed by atoms with Crippen molar-refractivity contribution in [3.63, 3.8) is 0 Å². The molecule has 0 bridgehead atoms. The number of amides is 2. The number of rotatable bonds is 1. The summed E-state index contributed by atoms with van der Waals surface area (Å²) in [6.07, 6.45) is 0. The number of carbonyl (C=O) groups is 2. The first-order valence-corrected chi connectivity index (χ1v) is 4.98. The lowest BCUT2D eigenvalue weighted by Gasteiger charge is -2.27. The van der Waals surface area contributed by atoms with E-state index < -0.39 is 5.82 Å². The zero-order chi connectivity index (χ0) is 11.7. The third kappa shape index (κ3) is 1.99. The first kappa shape index (κ1) is 10.9. The van der Waals surface area contributed by atoms with E-state index in [1.54, 1.807) is 0 Å². The van der Waals surface area contributed by atoms with Gasteiger partial charge in [0.1, 0.15) is 12.4 Å². The minimum atomic E-state index is -0.502. The predicted octanol–water partition coefficient (Wildman–Crippen LogP) is 0.942. The highest BCUT2D eigenvalue weighted by Crippen LogP contribution is 2.27. The average molecular weight is 243 g/mol. The lowest BCUT2D eigenvalue weighted by atomic mass is 10.2. The van der Waals surface area contributed by atoms with Crippen LogP contribution in [0.3, 0.4) is 0 Å². The van der Waals surface area contributed by atoms with Crippen molar-refractivity contribution in [2.75, 3.05) is 18.0 Å². The maximum atomic E-state index is 13.0. The molecule has 6 heteroatoms. The van der Waals surface area contributed by atoms with E-state index in [0.717, 1.165) is 6.07 Å². The van der Waals surface area contributed by atoms with Gasteiger partial charge in [-0.05, 0) is 18.2 Å². The van der Waals surface area contributed by atoms with Crippen LogP contribution in [0.5, 0.6) is 0 Å². The molecule has 1 saturated heterocycles. The predicted molar refractivity (Wildman–Crippen MR) is 56.8 cm³/mol. The van der Waals surface area contributed by atoms with Crippen LogP contribution in [-0.2, 0) is 9.59 Å². The molecule has 0 aliphatic carbocycles. The first-order valence-electron chi connectivity index (χ1n) is 4.60. The number of anilines is 1. The van der Waals surface area contributed by atoms with Crippen LogP contribution in [0, 0.1) is 5.82 Å². The highest BCUT2D eigenvalue weighted by molar-refractivity contribution is 6.34. The van der Waals surface area contributed by atoms with E-state index in [4.69, 9.17) is 11.6 Å². The molecule has 0 saturated carbocycles. The Labute approximate surface area is 96.0 Å². The van der Waals surface area contributed by atoms with Gasteiger partial charge in [0.2, 0.25) is 11.8 Å². The van der Waals surface area contributed by atoms with Crippen molar-refractivity contribution in [2.24, 2.45) is 0 Å². The average Bonchev–Trinajstić information content (AvgIpc) is 2.25. The number of nitrogens with zero attached hydrogens (tertiary/aromatic N) is 1. The fourth-order valence-electron chi connectivity index (χ4n) is 1.47. The molecular formula is C10H8ClFN2O2. The lowest BCUT2D eigenvalue weighted by Crippen LogP contribution is -2.51. The first-order chi connectivity index (χ1) is 7.58. The summed E-state index contributed by atoms with van der Waals surface area (Å²) >= 11 is 5.85. The number of hydrogen-bond acceptors (Lipinski definition) is 2. The lowest BCUT2D eigenvalue weighted by molar-refractivity contribution is -0.128. The summed E-state index contributed by atoms with van der Waals surface area (Å²) in [5, 5.41) is 2.64. The zero-order valence-corrected chi connectivity index (χ0v) is 8.92. The topological polar surface area (TPSA) is 49.4 Å².